The standard InChI is InChI=1S/C24H26FN3O3/c1-15-19(23(29)11-18-13-31-14-20(15)18)6-9-28(24(30)17-4-7-27-8-5-17)22-10-16(12-26)2-3-21(22)25/h2-3,10,13,17,19,27H,4-9,11,14H2,1H3. The normalized spacial score (nSPS) is 21.3. The number of hydrogen-bond donors (Lipinski definition) is 1. The number of hydrogen-bond acceptors (Lipinski definition) is 5. The number of nitrogens with one attached hydrogen (secondary N) is 1. The van der Waals surface area contributed by atoms with Crippen LogP contribution in [-0.4, -0.2) is 37.9 Å². The van der Waals surface area contributed by atoms with Crippen LogP contribution in [-0.2, 0) is 14.3 Å². The van der Waals surface area contributed by atoms with Crippen molar-refractivity contribution >= 4 is 17.4 Å². The van der Waals surface area contributed by atoms with E-state index in [4.69, 9.17) is 4.74 Å². The van der Waals surface area contributed by atoms with Gasteiger partial charge in [-0.2, -0.15) is 5.26 Å². The first-order chi connectivity index (χ1) is 15.0. The van der Waals surface area contributed by atoms with Crippen LogP contribution in [0.2, 0.25) is 0 Å². The molecule has 3 aliphatic rings. The van der Waals surface area contributed by atoms with E-state index >= 15 is 0 Å². The molecule has 1 fully saturated rings. The van der Waals surface area contributed by atoms with E-state index in [0.29, 0.717) is 37.9 Å². The molecule has 2 aliphatic heterocycles. The van der Waals surface area contributed by atoms with Crippen molar-refractivity contribution in [3.05, 3.63) is 52.6 Å². The minimum absolute atomic E-state index is 0.0958. The molecule has 0 aromatic heterocycles. The summed E-state index contributed by atoms with van der Waals surface area (Å²) in [5.74, 6) is -1.11. The van der Waals surface area contributed by atoms with Crippen LogP contribution in [0, 0.1) is 29.0 Å². The number of Topliss-reactive ketones (excluding diaryl/α,β-unsaturated/α-hetero) is 1. The molecule has 2 heterocycles. The molecule has 1 N–H and O–H groups in total. The zero-order chi connectivity index (χ0) is 22.0. The average molecular weight is 423 g/mol. The smallest absolute Gasteiger partial charge is 0.230 e. The molecule has 4 rings (SSSR count). The summed E-state index contributed by atoms with van der Waals surface area (Å²) in [7, 11) is 0. The number of fused-ring (bicyclic) bond motifs is 1. The lowest BCUT2D eigenvalue weighted by Gasteiger charge is -2.32. The second-order valence-corrected chi connectivity index (χ2v) is 8.39. The largest absolute Gasteiger partial charge is 0.496 e. The second kappa shape index (κ2) is 9.03. The first-order valence-corrected chi connectivity index (χ1v) is 10.7. The lowest BCUT2D eigenvalue weighted by atomic mass is 9.79. The van der Waals surface area contributed by atoms with Crippen LogP contribution < -0.4 is 10.2 Å². The molecule has 31 heavy (non-hydrogen) atoms. The summed E-state index contributed by atoms with van der Waals surface area (Å²) in [6.45, 7) is 4.12. The van der Waals surface area contributed by atoms with Crippen molar-refractivity contribution in [3.8, 4) is 6.07 Å². The summed E-state index contributed by atoms with van der Waals surface area (Å²) >= 11 is 0. The Morgan fingerprint density at radius 1 is 1.35 bits per heavy atom. The molecule has 1 saturated heterocycles. The minimum Gasteiger partial charge on any atom is -0.496 e. The van der Waals surface area contributed by atoms with Gasteiger partial charge in [-0.25, -0.2) is 4.39 Å². The average Bonchev–Trinajstić information content (AvgIpc) is 3.26. The van der Waals surface area contributed by atoms with Crippen molar-refractivity contribution in [1.29, 1.82) is 5.26 Å². The SMILES string of the molecule is CC1=C2COC=C2CC(=O)C1CCN(C(=O)C1CCNCC1)c1cc(C#N)ccc1F. The van der Waals surface area contributed by atoms with Gasteiger partial charge < -0.3 is 15.0 Å². The number of rotatable bonds is 5. The molecule has 162 valence electrons. The molecule has 1 aromatic rings. The number of ether oxygens (including phenoxy) is 1. The molecular formula is C24H26FN3O3. The fraction of sp³-hybridized carbons (Fsp3) is 0.458. The van der Waals surface area contributed by atoms with Crippen LogP contribution >= 0.6 is 0 Å². The number of carbonyl (C=O) groups excluding carboxylic acids is 2. The van der Waals surface area contributed by atoms with Crippen molar-refractivity contribution in [2.75, 3.05) is 31.1 Å². The van der Waals surface area contributed by atoms with Gasteiger partial charge in [0.2, 0.25) is 5.91 Å². The lowest BCUT2D eigenvalue weighted by Crippen LogP contribution is -2.43. The van der Waals surface area contributed by atoms with Crippen molar-refractivity contribution in [2.45, 2.75) is 32.6 Å². The number of anilines is 1. The second-order valence-electron chi connectivity index (χ2n) is 8.39. The Balaban J connectivity index is 1.61. The highest BCUT2D eigenvalue weighted by Crippen LogP contribution is 2.37. The number of benzene rings is 1. The van der Waals surface area contributed by atoms with Gasteiger partial charge in [0.25, 0.3) is 0 Å². The molecule has 0 saturated carbocycles. The minimum atomic E-state index is -0.541. The Bertz CT molecular complexity index is 1000. The Morgan fingerprint density at radius 3 is 2.87 bits per heavy atom. The topological polar surface area (TPSA) is 82.4 Å². The van der Waals surface area contributed by atoms with Crippen LogP contribution in [0.3, 0.4) is 0 Å². The third-order valence-electron chi connectivity index (χ3n) is 6.55. The van der Waals surface area contributed by atoms with E-state index in [2.05, 4.69) is 5.32 Å². The summed E-state index contributed by atoms with van der Waals surface area (Å²) in [5.41, 5.74) is 3.39. The predicted molar refractivity (Wildman–Crippen MR) is 114 cm³/mol. The number of nitriles is 1. The zero-order valence-corrected chi connectivity index (χ0v) is 17.6. The number of ketones is 1. The Labute approximate surface area is 181 Å². The van der Waals surface area contributed by atoms with Crippen LogP contribution in [0.1, 0.15) is 38.2 Å². The van der Waals surface area contributed by atoms with E-state index in [0.717, 1.165) is 29.8 Å². The van der Waals surface area contributed by atoms with Gasteiger partial charge in [0, 0.05) is 30.4 Å². The van der Waals surface area contributed by atoms with E-state index in [9.17, 15) is 19.2 Å². The molecule has 7 heteroatoms. The van der Waals surface area contributed by atoms with Crippen LogP contribution in [0.25, 0.3) is 0 Å². The van der Waals surface area contributed by atoms with Gasteiger partial charge in [-0.1, -0.05) is 5.57 Å². The zero-order valence-electron chi connectivity index (χ0n) is 17.6. The van der Waals surface area contributed by atoms with Gasteiger partial charge in [-0.05, 0) is 63.0 Å². The maximum atomic E-state index is 14.8. The molecule has 0 bridgehead atoms. The van der Waals surface area contributed by atoms with Crippen LogP contribution in [0.15, 0.2) is 41.2 Å². The number of halogens is 1. The predicted octanol–water partition coefficient (Wildman–Crippen LogP) is 3.24. The summed E-state index contributed by atoms with van der Waals surface area (Å²) in [4.78, 5) is 27.6. The Hall–Kier alpha value is -2.98. The first kappa shape index (κ1) is 21.3. The number of carbonyl (C=O) groups is 2. The summed E-state index contributed by atoms with van der Waals surface area (Å²) in [5, 5.41) is 12.5. The quantitative estimate of drug-likeness (QED) is 0.786. The van der Waals surface area contributed by atoms with Gasteiger partial charge in [-0.15, -0.1) is 0 Å². The highest BCUT2D eigenvalue weighted by molar-refractivity contribution is 5.96. The van der Waals surface area contributed by atoms with E-state index in [1.54, 1.807) is 6.26 Å². The highest BCUT2D eigenvalue weighted by atomic mass is 19.1. The Morgan fingerprint density at radius 2 is 2.13 bits per heavy atom. The van der Waals surface area contributed by atoms with Crippen molar-refractivity contribution in [2.24, 2.45) is 11.8 Å². The number of piperidine rings is 1. The van der Waals surface area contributed by atoms with Crippen LogP contribution in [0.4, 0.5) is 10.1 Å². The fourth-order valence-corrected chi connectivity index (χ4v) is 4.73. The van der Waals surface area contributed by atoms with E-state index in [1.807, 2.05) is 13.0 Å². The summed E-state index contributed by atoms with van der Waals surface area (Å²) in [6, 6.07) is 6.07. The van der Waals surface area contributed by atoms with Crippen molar-refractivity contribution < 1.29 is 18.7 Å². The number of amides is 1. The van der Waals surface area contributed by atoms with E-state index < -0.39 is 5.82 Å². The van der Waals surface area contributed by atoms with Gasteiger partial charge in [0.1, 0.15) is 18.2 Å². The van der Waals surface area contributed by atoms with Gasteiger partial charge in [0.15, 0.2) is 0 Å². The molecule has 1 unspecified atom stereocenters. The third-order valence-corrected chi connectivity index (χ3v) is 6.55. The Kier molecular flexibility index (Phi) is 6.19. The molecule has 1 atom stereocenters. The fourth-order valence-electron chi connectivity index (χ4n) is 4.73. The summed E-state index contributed by atoms with van der Waals surface area (Å²) in [6.07, 6.45) is 3.77. The van der Waals surface area contributed by atoms with Crippen LogP contribution in [0.5, 0.6) is 0 Å². The van der Waals surface area contributed by atoms with Crippen molar-refractivity contribution in [3.63, 3.8) is 0 Å². The van der Waals surface area contributed by atoms with Crippen molar-refractivity contribution in [1.82, 2.24) is 5.32 Å². The molecular weight excluding hydrogens is 397 g/mol. The van der Waals surface area contributed by atoms with E-state index in [1.165, 1.54) is 23.1 Å². The summed E-state index contributed by atoms with van der Waals surface area (Å²) < 4.78 is 20.2. The number of allylic oxidation sites excluding steroid dienone is 1. The maximum absolute atomic E-state index is 14.8. The molecule has 1 aliphatic carbocycles. The lowest BCUT2D eigenvalue weighted by molar-refractivity contribution is -0.124. The van der Waals surface area contributed by atoms with E-state index in [-0.39, 0.29) is 35.8 Å². The van der Waals surface area contributed by atoms with Gasteiger partial charge in [-0.3, -0.25) is 9.59 Å². The van der Waals surface area contributed by atoms with Gasteiger partial charge >= 0.3 is 0 Å². The monoisotopic (exact) mass is 423 g/mol. The molecule has 0 radical (unpaired) electrons. The van der Waals surface area contributed by atoms with Gasteiger partial charge in [0.05, 0.1) is 23.6 Å². The first-order valence-electron chi connectivity index (χ1n) is 10.7. The third kappa shape index (κ3) is 4.26. The number of nitrogens with zero attached hydrogens (tertiary/aromatic N) is 2. The molecule has 1 amide bonds. The molecule has 0 spiro atoms. The highest BCUT2D eigenvalue weighted by Gasteiger charge is 2.34. The maximum Gasteiger partial charge on any atom is 0.230 e. The molecule has 6 nitrogen and oxygen atoms in total. The molecule has 1 aromatic carbocycles.